The molecular formula is C23H24ClN3O3S. The van der Waals surface area contributed by atoms with Gasteiger partial charge in [0.05, 0.1) is 10.6 Å². The second-order valence-corrected chi connectivity index (χ2v) is 9.24. The molecule has 0 unspecified atom stereocenters. The summed E-state index contributed by atoms with van der Waals surface area (Å²) < 4.78 is 27.8. The normalized spacial score (nSPS) is 11.3. The lowest BCUT2D eigenvalue weighted by Crippen LogP contribution is -2.32. The lowest BCUT2D eigenvalue weighted by Gasteiger charge is -2.17. The summed E-state index contributed by atoms with van der Waals surface area (Å²) in [6.07, 6.45) is 0. The zero-order chi connectivity index (χ0) is 22.3. The van der Waals surface area contributed by atoms with Gasteiger partial charge in [-0.1, -0.05) is 54.1 Å². The molecule has 0 saturated heterocycles. The van der Waals surface area contributed by atoms with Gasteiger partial charge in [-0.05, 0) is 49.0 Å². The van der Waals surface area contributed by atoms with Gasteiger partial charge >= 0.3 is 0 Å². The van der Waals surface area contributed by atoms with Crippen LogP contribution in [0.1, 0.15) is 15.9 Å². The fourth-order valence-electron chi connectivity index (χ4n) is 3.01. The number of nitrogens with one attached hydrogen (secondary N) is 2. The van der Waals surface area contributed by atoms with Gasteiger partial charge in [-0.3, -0.25) is 9.52 Å². The highest BCUT2D eigenvalue weighted by atomic mass is 35.5. The van der Waals surface area contributed by atoms with Crippen LogP contribution in [0, 0.1) is 0 Å². The molecule has 0 aromatic heterocycles. The number of carbonyl (C=O) groups excluding carboxylic acids is 1. The predicted molar refractivity (Wildman–Crippen MR) is 124 cm³/mol. The number of amides is 1. The molecule has 3 rings (SSSR count). The summed E-state index contributed by atoms with van der Waals surface area (Å²) in [4.78, 5) is 14.6. The van der Waals surface area contributed by atoms with E-state index in [1.165, 1.54) is 23.8 Å². The molecule has 0 bridgehead atoms. The summed E-state index contributed by atoms with van der Waals surface area (Å²) in [6, 6.07) is 22.4. The second-order valence-electron chi connectivity index (χ2n) is 7.12. The molecule has 162 valence electrons. The van der Waals surface area contributed by atoms with E-state index in [1.807, 2.05) is 25.2 Å². The Balaban J connectivity index is 1.58. The van der Waals surface area contributed by atoms with Gasteiger partial charge in [0, 0.05) is 30.2 Å². The molecule has 8 heteroatoms. The second kappa shape index (κ2) is 10.4. The minimum atomic E-state index is -3.85. The summed E-state index contributed by atoms with van der Waals surface area (Å²) in [6.45, 7) is 1.88. The van der Waals surface area contributed by atoms with Gasteiger partial charge < -0.3 is 10.2 Å². The summed E-state index contributed by atoms with van der Waals surface area (Å²) in [5.74, 6) is -0.326. The Kier molecular flexibility index (Phi) is 7.68. The Morgan fingerprint density at radius 2 is 1.71 bits per heavy atom. The average molecular weight is 458 g/mol. The van der Waals surface area contributed by atoms with E-state index in [1.54, 1.807) is 30.3 Å². The number of benzene rings is 3. The molecule has 0 aliphatic rings. The molecule has 31 heavy (non-hydrogen) atoms. The van der Waals surface area contributed by atoms with Crippen LogP contribution in [0.4, 0.5) is 5.69 Å². The molecule has 0 radical (unpaired) electrons. The van der Waals surface area contributed by atoms with Crippen LogP contribution in [0.5, 0.6) is 0 Å². The zero-order valence-electron chi connectivity index (χ0n) is 17.1. The quantitative estimate of drug-likeness (QED) is 0.509. The molecule has 0 aliphatic carbocycles. The van der Waals surface area contributed by atoms with Crippen molar-refractivity contribution in [2.24, 2.45) is 0 Å². The molecule has 0 heterocycles. The van der Waals surface area contributed by atoms with Crippen LogP contribution < -0.4 is 10.0 Å². The smallest absolute Gasteiger partial charge is 0.261 e. The van der Waals surface area contributed by atoms with Crippen molar-refractivity contribution in [3.63, 3.8) is 0 Å². The number of sulfonamides is 1. The van der Waals surface area contributed by atoms with E-state index < -0.39 is 10.0 Å². The Bertz CT molecular complexity index is 1140. The number of rotatable bonds is 9. The molecule has 0 atom stereocenters. The third-order valence-electron chi connectivity index (χ3n) is 4.56. The maximum atomic E-state index is 12.7. The lowest BCUT2D eigenvalue weighted by atomic mass is 10.2. The predicted octanol–water partition coefficient (Wildman–Crippen LogP) is 4.00. The van der Waals surface area contributed by atoms with Crippen LogP contribution in [-0.2, 0) is 16.6 Å². The van der Waals surface area contributed by atoms with Crippen molar-refractivity contribution in [2.45, 2.75) is 11.4 Å². The topological polar surface area (TPSA) is 78.5 Å². The average Bonchev–Trinajstić information content (AvgIpc) is 2.74. The van der Waals surface area contributed by atoms with E-state index >= 15 is 0 Å². The van der Waals surface area contributed by atoms with E-state index in [0.717, 1.165) is 6.54 Å². The van der Waals surface area contributed by atoms with E-state index in [2.05, 4.69) is 27.1 Å². The number of anilines is 1. The summed E-state index contributed by atoms with van der Waals surface area (Å²) >= 11 is 5.91. The van der Waals surface area contributed by atoms with Crippen molar-refractivity contribution < 1.29 is 13.2 Å². The number of carbonyl (C=O) groups is 1. The number of hydrogen-bond acceptors (Lipinski definition) is 4. The van der Waals surface area contributed by atoms with Crippen molar-refractivity contribution in [2.75, 3.05) is 24.9 Å². The fourth-order valence-corrected chi connectivity index (χ4v) is 4.29. The Labute approximate surface area is 187 Å². The highest BCUT2D eigenvalue weighted by molar-refractivity contribution is 7.92. The first kappa shape index (κ1) is 22.8. The Morgan fingerprint density at radius 3 is 2.45 bits per heavy atom. The summed E-state index contributed by atoms with van der Waals surface area (Å²) in [7, 11) is -1.87. The van der Waals surface area contributed by atoms with Crippen LogP contribution in [0.2, 0.25) is 5.02 Å². The van der Waals surface area contributed by atoms with Crippen molar-refractivity contribution in [3.05, 3.63) is 95.0 Å². The highest BCUT2D eigenvalue weighted by Gasteiger charge is 2.17. The van der Waals surface area contributed by atoms with E-state index in [0.29, 0.717) is 23.8 Å². The molecule has 3 aromatic carbocycles. The minimum Gasteiger partial charge on any atom is -0.351 e. The van der Waals surface area contributed by atoms with Gasteiger partial charge in [-0.2, -0.15) is 0 Å². The Hall–Kier alpha value is -2.87. The standard InChI is InChI=1S/C23H24ClN3O3S/c1-27(17-18-7-3-2-4-8-18)14-13-25-23(28)19-9-5-12-22(15-19)31(29,30)26-21-11-6-10-20(24)16-21/h2-12,15-16,26H,13-14,17H2,1H3,(H,25,28). The largest absolute Gasteiger partial charge is 0.351 e. The monoisotopic (exact) mass is 457 g/mol. The zero-order valence-corrected chi connectivity index (χ0v) is 18.7. The van der Waals surface area contributed by atoms with Crippen LogP contribution in [-0.4, -0.2) is 39.4 Å². The summed E-state index contributed by atoms with van der Waals surface area (Å²) in [5.41, 5.74) is 1.82. The Morgan fingerprint density at radius 1 is 0.968 bits per heavy atom. The van der Waals surface area contributed by atoms with E-state index in [-0.39, 0.29) is 16.4 Å². The van der Waals surface area contributed by atoms with Gasteiger partial charge in [0.15, 0.2) is 0 Å². The molecule has 0 spiro atoms. The van der Waals surface area contributed by atoms with E-state index in [9.17, 15) is 13.2 Å². The van der Waals surface area contributed by atoms with Crippen molar-refractivity contribution in [1.82, 2.24) is 10.2 Å². The highest BCUT2D eigenvalue weighted by Crippen LogP contribution is 2.20. The lowest BCUT2D eigenvalue weighted by molar-refractivity contribution is 0.0949. The third-order valence-corrected chi connectivity index (χ3v) is 6.17. The molecule has 0 fully saturated rings. The fraction of sp³-hybridized carbons (Fsp3) is 0.174. The van der Waals surface area contributed by atoms with Crippen LogP contribution in [0.3, 0.4) is 0 Å². The van der Waals surface area contributed by atoms with Gasteiger partial charge in [0.2, 0.25) is 0 Å². The number of hydrogen-bond donors (Lipinski definition) is 2. The van der Waals surface area contributed by atoms with E-state index in [4.69, 9.17) is 11.6 Å². The van der Waals surface area contributed by atoms with Crippen LogP contribution in [0.15, 0.2) is 83.8 Å². The first-order chi connectivity index (χ1) is 14.8. The van der Waals surface area contributed by atoms with Crippen molar-refractivity contribution >= 4 is 33.2 Å². The SMILES string of the molecule is CN(CCNC(=O)c1cccc(S(=O)(=O)Nc2cccc(Cl)c2)c1)Cc1ccccc1. The molecule has 0 saturated carbocycles. The van der Waals surface area contributed by atoms with Crippen LogP contribution >= 0.6 is 11.6 Å². The molecule has 1 amide bonds. The van der Waals surface area contributed by atoms with Gasteiger partial charge in [-0.25, -0.2) is 8.42 Å². The number of halogens is 1. The molecular weight excluding hydrogens is 434 g/mol. The van der Waals surface area contributed by atoms with Gasteiger partial charge in [0.1, 0.15) is 0 Å². The number of likely N-dealkylation sites (N-methyl/N-ethyl adjacent to an activating group) is 1. The van der Waals surface area contributed by atoms with Crippen molar-refractivity contribution in [3.8, 4) is 0 Å². The molecule has 6 nitrogen and oxygen atoms in total. The number of nitrogens with zero attached hydrogens (tertiary/aromatic N) is 1. The maximum absolute atomic E-state index is 12.7. The maximum Gasteiger partial charge on any atom is 0.261 e. The van der Waals surface area contributed by atoms with Crippen molar-refractivity contribution in [1.29, 1.82) is 0 Å². The minimum absolute atomic E-state index is 0.00122. The summed E-state index contributed by atoms with van der Waals surface area (Å²) in [5, 5.41) is 3.26. The first-order valence-corrected chi connectivity index (χ1v) is 11.6. The molecule has 2 N–H and O–H groups in total. The van der Waals surface area contributed by atoms with Gasteiger partial charge in [-0.15, -0.1) is 0 Å². The first-order valence-electron chi connectivity index (χ1n) is 9.72. The molecule has 3 aromatic rings. The van der Waals surface area contributed by atoms with Gasteiger partial charge in [0.25, 0.3) is 15.9 Å². The van der Waals surface area contributed by atoms with Crippen LogP contribution in [0.25, 0.3) is 0 Å². The molecule has 0 aliphatic heterocycles. The third kappa shape index (κ3) is 6.82.